The molecule has 0 bridgehead atoms. The highest BCUT2D eigenvalue weighted by Crippen LogP contribution is 2.30. The number of hydrogen-bond donors (Lipinski definition) is 3. The third-order valence-corrected chi connectivity index (χ3v) is 1.34. The molecule has 0 aliphatic heterocycles. The van der Waals surface area contributed by atoms with Gasteiger partial charge in [-0.2, -0.15) is 0 Å². The minimum atomic E-state index is -4.91. The average Bonchev–Trinajstić information content (AvgIpc) is 1.96. The fourth-order valence-electron chi connectivity index (χ4n) is 0.939. The molecule has 0 saturated heterocycles. The zero-order chi connectivity index (χ0) is 12.3. The molecule has 0 saturated carbocycles. The monoisotopic (exact) mass is 238 g/mol. The molecule has 0 aromatic heterocycles. The van der Waals surface area contributed by atoms with Gasteiger partial charge >= 0.3 is 13.7 Å². The normalized spacial score (nSPS) is 11.1. The Labute approximate surface area is 87.8 Å². The second-order valence-corrected chi connectivity index (χ2v) is 2.65. The maximum atomic E-state index is 11.8. The molecule has 88 valence electrons. The zero-order valence-electron chi connectivity index (χ0n) is 7.60. The van der Waals surface area contributed by atoms with E-state index in [1.807, 2.05) is 0 Å². The van der Waals surface area contributed by atoms with Gasteiger partial charge < -0.3 is 24.5 Å². The van der Waals surface area contributed by atoms with Crippen molar-refractivity contribution in [2.45, 2.75) is 6.36 Å². The molecule has 1 aromatic rings. The highest BCUT2D eigenvalue weighted by Gasteiger charge is 2.31. The molecule has 0 heterocycles. The Hall–Kier alpha value is -1.61. The molecule has 0 fully saturated rings. The maximum absolute atomic E-state index is 11.8. The predicted octanol–water partition coefficient (Wildman–Crippen LogP) is 0.639. The quantitative estimate of drug-likeness (QED) is 0.673. The van der Waals surface area contributed by atoms with Crippen LogP contribution in [0.3, 0.4) is 0 Å². The van der Waals surface area contributed by atoms with Crippen LogP contribution in [0.15, 0.2) is 18.2 Å². The number of alkyl halides is 3. The lowest BCUT2D eigenvalue weighted by atomic mass is 10.2. The van der Waals surface area contributed by atoms with Gasteiger partial charge in [0.2, 0.25) is 0 Å². The summed E-state index contributed by atoms with van der Waals surface area (Å²) in [5.74, 6) is -1.69. The number of aromatic hydroxyl groups is 1. The third kappa shape index (κ3) is 4.28. The van der Waals surface area contributed by atoms with Crippen LogP contribution < -0.4 is 9.39 Å². The first-order valence-corrected chi connectivity index (χ1v) is 3.89. The number of rotatable bonds is 3. The first-order chi connectivity index (χ1) is 7.26. The van der Waals surface area contributed by atoms with Crippen LogP contribution in [0.25, 0.3) is 0 Å². The van der Waals surface area contributed by atoms with Gasteiger partial charge in [0.05, 0.1) is 0 Å². The van der Waals surface area contributed by atoms with Gasteiger partial charge in [0, 0.05) is 18.2 Å². The Balaban J connectivity index is 2.90. The third-order valence-electron chi connectivity index (χ3n) is 1.34. The van der Waals surface area contributed by atoms with Gasteiger partial charge in [0.1, 0.15) is 17.2 Å². The molecule has 0 amide bonds. The second-order valence-electron chi connectivity index (χ2n) is 2.65. The molecule has 5 nitrogen and oxygen atoms in total. The van der Waals surface area contributed by atoms with E-state index in [0.717, 1.165) is 12.1 Å². The van der Waals surface area contributed by atoms with Crippen molar-refractivity contribution in [1.29, 1.82) is 0 Å². The van der Waals surface area contributed by atoms with Crippen LogP contribution >= 0.6 is 0 Å². The fraction of sp³-hybridized carbons (Fsp3) is 0.143. The van der Waals surface area contributed by atoms with Gasteiger partial charge in [-0.3, -0.25) is 0 Å². The number of ether oxygens (including phenoxy) is 1. The maximum Gasteiger partial charge on any atom is 0.707 e. The lowest BCUT2D eigenvalue weighted by molar-refractivity contribution is -0.274. The number of halogens is 3. The summed E-state index contributed by atoms with van der Waals surface area (Å²) >= 11 is 0. The summed E-state index contributed by atoms with van der Waals surface area (Å²) < 4.78 is 43.2. The Kier molecular flexibility index (Phi) is 3.50. The molecule has 1 aromatic carbocycles. The van der Waals surface area contributed by atoms with E-state index in [0.29, 0.717) is 6.07 Å². The van der Waals surface area contributed by atoms with Crippen molar-refractivity contribution in [2.24, 2.45) is 0 Å². The van der Waals surface area contributed by atoms with E-state index in [2.05, 4.69) is 9.39 Å². The van der Waals surface area contributed by atoms with E-state index in [1.54, 1.807) is 0 Å². The largest absolute Gasteiger partial charge is 0.707 e. The summed E-state index contributed by atoms with van der Waals surface area (Å²) in [5.41, 5.74) is 0. The first-order valence-electron chi connectivity index (χ1n) is 3.89. The lowest BCUT2D eigenvalue weighted by Gasteiger charge is -2.11. The Bertz CT molecular complexity index is 368. The molecule has 9 heteroatoms. The van der Waals surface area contributed by atoms with Gasteiger partial charge in [0.15, 0.2) is 0 Å². The molecule has 0 aliphatic carbocycles. The number of phenols is 1. The van der Waals surface area contributed by atoms with E-state index in [1.165, 1.54) is 0 Å². The lowest BCUT2D eigenvalue weighted by Crippen LogP contribution is -2.21. The van der Waals surface area contributed by atoms with Crippen LogP contribution in [-0.2, 0) is 0 Å². The standard InChI is InChI=1S/C7H6BF3O5/c9-7(10,11)15-5-1-4(12)2-6(3-5)16-8(13)14/h1-3,12-14H. The van der Waals surface area contributed by atoms with Crippen LogP contribution in [0.1, 0.15) is 0 Å². The molecule has 0 radical (unpaired) electrons. The molecular weight excluding hydrogens is 232 g/mol. The van der Waals surface area contributed by atoms with Gasteiger partial charge in [0.25, 0.3) is 0 Å². The van der Waals surface area contributed by atoms with Crippen molar-refractivity contribution in [3.8, 4) is 17.2 Å². The minimum Gasteiger partial charge on any atom is -0.512 e. The Morgan fingerprint density at radius 2 is 1.62 bits per heavy atom. The summed E-state index contributed by atoms with van der Waals surface area (Å²) in [4.78, 5) is 0. The van der Waals surface area contributed by atoms with Gasteiger partial charge in [-0.05, 0) is 0 Å². The first kappa shape index (κ1) is 12.5. The topological polar surface area (TPSA) is 79.2 Å². The number of hydrogen-bond acceptors (Lipinski definition) is 5. The Morgan fingerprint density at radius 1 is 1.06 bits per heavy atom. The van der Waals surface area contributed by atoms with E-state index in [-0.39, 0.29) is 5.75 Å². The van der Waals surface area contributed by atoms with Gasteiger partial charge in [-0.15, -0.1) is 13.2 Å². The van der Waals surface area contributed by atoms with Crippen molar-refractivity contribution >= 4 is 7.32 Å². The average molecular weight is 238 g/mol. The van der Waals surface area contributed by atoms with E-state index in [4.69, 9.17) is 15.2 Å². The Morgan fingerprint density at radius 3 is 2.12 bits per heavy atom. The molecular formula is C7H6BF3O5. The molecule has 0 unspecified atom stereocenters. The summed E-state index contributed by atoms with van der Waals surface area (Å²) in [7, 11) is -2.21. The number of phenolic OH excluding ortho intramolecular Hbond substituents is 1. The van der Waals surface area contributed by atoms with Crippen molar-refractivity contribution in [3.63, 3.8) is 0 Å². The van der Waals surface area contributed by atoms with Crippen molar-refractivity contribution in [1.82, 2.24) is 0 Å². The van der Waals surface area contributed by atoms with Gasteiger partial charge in [-0.25, -0.2) is 0 Å². The molecule has 0 atom stereocenters. The molecule has 16 heavy (non-hydrogen) atoms. The number of benzene rings is 1. The van der Waals surface area contributed by atoms with Crippen molar-refractivity contribution in [2.75, 3.05) is 0 Å². The van der Waals surface area contributed by atoms with Crippen LogP contribution in [0.5, 0.6) is 17.2 Å². The SMILES string of the molecule is OB(O)Oc1cc(O)cc(OC(F)(F)F)c1. The molecule has 0 spiro atoms. The highest BCUT2D eigenvalue weighted by molar-refractivity contribution is 6.33. The van der Waals surface area contributed by atoms with Crippen LogP contribution in [0.2, 0.25) is 0 Å². The minimum absolute atomic E-state index is 0.380. The molecule has 0 aliphatic rings. The van der Waals surface area contributed by atoms with E-state index >= 15 is 0 Å². The van der Waals surface area contributed by atoms with Gasteiger partial charge in [-0.1, -0.05) is 0 Å². The summed E-state index contributed by atoms with van der Waals surface area (Å²) in [6.45, 7) is 0. The fourth-order valence-corrected chi connectivity index (χ4v) is 0.939. The van der Waals surface area contributed by atoms with Crippen LogP contribution in [-0.4, -0.2) is 28.8 Å². The summed E-state index contributed by atoms with van der Waals surface area (Å²) in [5, 5.41) is 25.8. The van der Waals surface area contributed by atoms with Crippen molar-refractivity contribution in [3.05, 3.63) is 18.2 Å². The summed E-state index contributed by atoms with van der Waals surface area (Å²) in [6, 6.07) is 2.33. The molecule has 3 N–H and O–H groups in total. The zero-order valence-corrected chi connectivity index (χ0v) is 7.60. The van der Waals surface area contributed by atoms with E-state index in [9.17, 15) is 13.2 Å². The smallest absolute Gasteiger partial charge is 0.512 e. The molecule has 1 rings (SSSR count). The van der Waals surface area contributed by atoms with Crippen molar-refractivity contribution < 1.29 is 37.7 Å². The second kappa shape index (κ2) is 4.50. The highest BCUT2D eigenvalue weighted by atomic mass is 19.4. The predicted molar refractivity (Wildman–Crippen MR) is 45.6 cm³/mol. The van der Waals surface area contributed by atoms with Crippen LogP contribution in [0, 0.1) is 0 Å². The van der Waals surface area contributed by atoms with Crippen LogP contribution in [0.4, 0.5) is 13.2 Å². The van der Waals surface area contributed by atoms with E-state index < -0.39 is 25.2 Å². The summed E-state index contributed by atoms with van der Waals surface area (Å²) in [6.07, 6.45) is -4.91.